The third kappa shape index (κ3) is 4.29. The number of amides is 1. The number of benzene rings is 2. The summed E-state index contributed by atoms with van der Waals surface area (Å²) < 4.78 is 11.2. The Balaban J connectivity index is 1.58. The minimum absolute atomic E-state index is 0.0956. The second-order valence-electron chi connectivity index (χ2n) is 7.92. The Labute approximate surface area is 190 Å². The maximum Gasteiger partial charge on any atom is 0.336 e. The molecule has 2 heterocycles. The summed E-state index contributed by atoms with van der Waals surface area (Å²) in [6.45, 7) is 9.69. The number of carbonyl (C=O) groups excluding carboxylic acids is 1. The molecular formula is C25H24N2O4S. The first kappa shape index (κ1) is 21.8. The van der Waals surface area contributed by atoms with Crippen LogP contribution >= 0.6 is 11.3 Å². The Bertz CT molecular complexity index is 1360. The van der Waals surface area contributed by atoms with E-state index in [4.69, 9.17) is 9.15 Å². The third-order valence-electron chi connectivity index (χ3n) is 5.21. The molecular weight excluding hydrogens is 424 g/mol. The van der Waals surface area contributed by atoms with E-state index in [1.807, 2.05) is 45.2 Å². The molecule has 0 unspecified atom stereocenters. The number of nitrogens with zero attached hydrogens (tertiary/aromatic N) is 2. The standard InChI is InChI=1S/C25H24N2O4S/c1-14-8-16(3)24(17(4)9-14)27(18(5)28)25-26-19(13-32-25)12-30-20-6-7-21-15(2)10-23(29)31-22(21)11-20/h6-11,13H,12H2,1-5H3. The van der Waals surface area contributed by atoms with Gasteiger partial charge in [0.05, 0.1) is 11.4 Å². The summed E-state index contributed by atoms with van der Waals surface area (Å²) in [4.78, 5) is 30.5. The molecule has 164 valence electrons. The van der Waals surface area contributed by atoms with Gasteiger partial charge < -0.3 is 9.15 Å². The van der Waals surface area contributed by atoms with Gasteiger partial charge >= 0.3 is 5.63 Å². The average Bonchev–Trinajstić information content (AvgIpc) is 3.16. The number of aromatic nitrogens is 1. The van der Waals surface area contributed by atoms with E-state index < -0.39 is 0 Å². The summed E-state index contributed by atoms with van der Waals surface area (Å²) in [5.41, 5.74) is 5.74. The van der Waals surface area contributed by atoms with Crippen molar-refractivity contribution in [2.24, 2.45) is 0 Å². The Kier molecular flexibility index (Phi) is 5.84. The van der Waals surface area contributed by atoms with Crippen LogP contribution < -0.4 is 15.3 Å². The number of carbonyl (C=O) groups is 1. The molecule has 1 amide bonds. The lowest BCUT2D eigenvalue weighted by Crippen LogP contribution is -2.24. The van der Waals surface area contributed by atoms with Crippen molar-refractivity contribution in [2.75, 3.05) is 4.90 Å². The van der Waals surface area contributed by atoms with Gasteiger partial charge in [-0.25, -0.2) is 9.78 Å². The molecule has 2 aromatic carbocycles. The van der Waals surface area contributed by atoms with Crippen molar-refractivity contribution in [1.29, 1.82) is 0 Å². The van der Waals surface area contributed by atoms with Gasteiger partial charge in [0.1, 0.15) is 17.9 Å². The number of hydrogen-bond donors (Lipinski definition) is 0. The van der Waals surface area contributed by atoms with Gasteiger partial charge in [-0.2, -0.15) is 0 Å². The largest absolute Gasteiger partial charge is 0.487 e. The number of ether oxygens (including phenoxy) is 1. The highest BCUT2D eigenvalue weighted by Crippen LogP contribution is 2.34. The number of hydrogen-bond acceptors (Lipinski definition) is 6. The zero-order valence-corrected chi connectivity index (χ0v) is 19.5. The van der Waals surface area contributed by atoms with Crippen LogP contribution in [0.15, 0.2) is 51.0 Å². The second kappa shape index (κ2) is 8.59. The van der Waals surface area contributed by atoms with Crippen molar-refractivity contribution in [3.63, 3.8) is 0 Å². The zero-order valence-electron chi connectivity index (χ0n) is 18.7. The van der Waals surface area contributed by atoms with Crippen LogP contribution in [0.2, 0.25) is 0 Å². The Morgan fingerprint density at radius 2 is 1.78 bits per heavy atom. The van der Waals surface area contributed by atoms with Gasteiger partial charge in [0.2, 0.25) is 5.91 Å². The molecule has 4 rings (SSSR count). The van der Waals surface area contributed by atoms with Crippen molar-refractivity contribution >= 4 is 39.0 Å². The minimum Gasteiger partial charge on any atom is -0.487 e. The number of rotatable bonds is 5. The van der Waals surface area contributed by atoms with Crippen molar-refractivity contribution in [3.8, 4) is 5.75 Å². The van der Waals surface area contributed by atoms with Gasteiger partial charge in [-0.1, -0.05) is 17.7 Å². The summed E-state index contributed by atoms with van der Waals surface area (Å²) in [6, 6.07) is 11.0. The number of fused-ring (bicyclic) bond motifs is 1. The summed E-state index contributed by atoms with van der Waals surface area (Å²) >= 11 is 1.40. The molecule has 0 fully saturated rings. The maximum absolute atomic E-state index is 12.5. The first-order chi connectivity index (χ1) is 15.2. The van der Waals surface area contributed by atoms with E-state index in [-0.39, 0.29) is 18.1 Å². The lowest BCUT2D eigenvalue weighted by Gasteiger charge is -2.23. The Hall–Kier alpha value is -3.45. The molecule has 0 bridgehead atoms. The molecule has 0 spiro atoms. The van der Waals surface area contributed by atoms with Gasteiger partial charge in [-0.15, -0.1) is 11.3 Å². The van der Waals surface area contributed by atoms with Crippen LogP contribution in [0.4, 0.5) is 10.8 Å². The van der Waals surface area contributed by atoms with E-state index in [1.54, 1.807) is 17.9 Å². The molecule has 4 aromatic rings. The third-order valence-corrected chi connectivity index (χ3v) is 6.09. The van der Waals surface area contributed by atoms with E-state index in [2.05, 4.69) is 17.1 Å². The molecule has 0 aliphatic carbocycles. The fourth-order valence-electron chi connectivity index (χ4n) is 3.93. The van der Waals surface area contributed by atoms with Gasteiger partial charge in [0.15, 0.2) is 5.13 Å². The number of aryl methyl sites for hydroxylation is 4. The van der Waals surface area contributed by atoms with E-state index in [0.717, 1.165) is 33.3 Å². The fraction of sp³-hybridized carbons (Fsp3) is 0.240. The molecule has 0 radical (unpaired) electrons. The summed E-state index contributed by atoms with van der Waals surface area (Å²) in [7, 11) is 0. The smallest absolute Gasteiger partial charge is 0.336 e. The molecule has 0 saturated heterocycles. The topological polar surface area (TPSA) is 72.6 Å². The molecule has 0 N–H and O–H groups in total. The van der Waals surface area contributed by atoms with Crippen LogP contribution in [0.1, 0.15) is 34.9 Å². The molecule has 32 heavy (non-hydrogen) atoms. The molecule has 0 saturated carbocycles. The van der Waals surface area contributed by atoms with Crippen LogP contribution in [-0.4, -0.2) is 10.9 Å². The van der Waals surface area contributed by atoms with Crippen molar-refractivity contribution in [1.82, 2.24) is 4.98 Å². The second-order valence-corrected chi connectivity index (χ2v) is 8.75. The zero-order chi connectivity index (χ0) is 23.0. The molecule has 7 heteroatoms. The average molecular weight is 449 g/mol. The normalized spacial score (nSPS) is 11.0. The minimum atomic E-state index is -0.387. The molecule has 6 nitrogen and oxygen atoms in total. The molecule has 0 aliphatic rings. The van der Waals surface area contributed by atoms with Gasteiger partial charge in [-0.3, -0.25) is 9.69 Å². The van der Waals surface area contributed by atoms with Gasteiger partial charge in [0, 0.05) is 29.8 Å². The summed E-state index contributed by atoms with van der Waals surface area (Å²) in [5, 5.41) is 3.36. The van der Waals surface area contributed by atoms with Crippen LogP contribution in [0, 0.1) is 27.7 Å². The number of anilines is 2. The Morgan fingerprint density at radius 1 is 1.06 bits per heavy atom. The molecule has 0 aliphatic heterocycles. The molecule has 2 aromatic heterocycles. The van der Waals surface area contributed by atoms with E-state index in [9.17, 15) is 9.59 Å². The van der Waals surface area contributed by atoms with Crippen LogP contribution in [-0.2, 0) is 11.4 Å². The quantitative estimate of drug-likeness (QED) is 0.364. The lowest BCUT2D eigenvalue weighted by atomic mass is 10.0. The van der Waals surface area contributed by atoms with E-state index in [0.29, 0.717) is 22.2 Å². The first-order valence-electron chi connectivity index (χ1n) is 10.2. The van der Waals surface area contributed by atoms with Crippen LogP contribution in [0.5, 0.6) is 5.75 Å². The number of thiazole rings is 1. The van der Waals surface area contributed by atoms with Crippen LogP contribution in [0.3, 0.4) is 0 Å². The summed E-state index contributed by atoms with van der Waals surface area (Å²) in [5.74, 6) is 0.483. The highest BCUT2D eigenvalue weighted by Gasteiger charge is 2.22. The van der Waals surface area contributed by atoms with Crippen molar-refractivity contribution in [3.05, 3.63) is 80.1 Å². The first-order valence-corrected chi connectivity index (χ1v) is 11.1. The van der Waals surface area contributed by atoms with Crippen molar-refractivity contribution < 1.29 is 13.9 Å². The SMILES string of the molecule is CC(=O)N(c1nc(COc2ccc3c(C)cc(=O)oc3c2)cs1)c1c(C)cc(C)cc1C. The summed E-state index contributed by atoms with van der Waals surface area (Å²) in [6.07, 6.45) is 0. The monoisotopic (exact) mass is 448 g/mol. The highest BCUT2D eigenvalue weighted by atomic mass is 32.1. The van der Waals surface area contributed by atoms with Gasteiger partial charge in [0.25, 0.3) is 0 Å². The van der Waals surface area contributed by atoms with E-state index >= 15 is 0 Å². The van der Waals surface area contributed by atoms with Crippen molar-refractivity contribution in [2.45, 2.75) is 41.2 Å². The predicted octanol–water partition coefficient (Wildman–Crippen LogP) is 5.75. The highest BCUT2D eigenvalue weighted by molar-refractivity contribution is 7.14. The van der Waals surface area contributed by atoms with Crippen LogP contribution in [0.25, 0.3) is 11.0 Å². The molecule has 0 atom stereocenters. The maximum atomic E-state index is 12.5. The van der Waals surface area contributed by atoms with Gasteiger partial charge in [-0.05, 0) is 56.5 Å². The lowest BCUT2D eigenvalue weighted by molar-refractivity contribution is -0.115. The predicted molar refractivity (Wildman–Crippen MR) is 127 cm³/mol. The fourth-order valence-corrected chi connectivity index (χ4v) is 4.79. The Morgan fingerprint density at radius 3 is 2.47 bits per heavy atom. The van der Waals surface area contributed by atoms with E-state index in [1.165, 1.54) is 17.4 Å².